The normalized spacial score (nSPS) is 13.1. The molecule has 0 spiro atoms. The summed E-state index contributed by atoms with van der Waals surface area (Å²) >= 11 is 0. The van der Waals surface area contributed by atoms with Gasteiger partial charge in [-0.05, 0) is 26.3 Å². The average Bonchev–Trinajstić information content (AvgIpc) is 2.38. The number of rotatable bonds is 7. The number of anilines is 1. The lowest BCUT2D eigenvalue weighted by Crippen LogP contribution is -2.32. The minimum absolute atomic E-state index is 0.441. The lowest BCUT2D eigenvalue weighted by molar-refractivity contribution is 0.261. The van der Waals surface area contributed by atoms with E-state index in [4.69, 9.17) is 0 Å². The standard InChI is InChI=1S/C14H26N4/c1-6-12(4)18(5)8-7-15-14-9-13(11(2)3)16-10-17-14/h9-12H,6-8H2,1-5H3,(H,15,16,17). The van der Waals surface area contributed by atoms with Crippen LogP contribution in [0.15, 0.2) is 12.4 Å². The highest BCUT2D eigenvalue weighted by Gasteiger charge is 2.06. The summed E-state index contributed by atoms with van der Waals surface area (Å²) in [5.74, 6) is 1.36. The summed E-state index contributed by atoms with van der Waals surface area (Å²) in [5, 5.41) is 3.36. The van der Waals surface area contributed by atoms with E-state index in [0.29, 0.717) is 12.0 Å². The third-order valence-corrected chi connectivity index (χ3v) is 3.39. The molecule has 0 aliphatic rings. The molecule has 4 heteroatoms. The van der Waals surface area contributed by atoms with E-state index in [1.165, 1.54) is 6.42 Å². The van der Waals surface area contributed by atoms with Crippen LogP contribution in [0.3, 0.4) is 0 Å². The van der Waals surface area contributed by atoms with Crippen LogP contribution in [0.1, 0.15) is 45.7 Å². The first-order valence-electron chi connectivity index (χ1n) is 6.80. The second kappa shape index (κ2) is 7.31. The van der Waals surface area contributed by atoms with Crippen molar-refractivity contribution in [1.82, 2.24) is 14.9 Å². The molecule has 1 atom stereocenters. The Hall–Kier alpha value is -1.16. The van der Waals surface area contributed by atoms with E-state index >= 15 is 0 Å². The molecule has 0 bridgehead atoms. The van der Waals surface area contributed by atoms with E-state index in [9.17, 15) is 0 Å². The second-order valence-electron chi connectivity index (χ2n) is 5.15. The van der Waals surface area contributed by atoms with Crippen molar-refractivity contribution in [2.24, 2.45) is 0 Å². The van der Waals surface area contributed by atoms with Gasteiger partial charge in [0.05, 0.1) is 0 Å². The molecular formula is C14H26N4. The molecule has 1 heterocycles. The van der Waals surface area contributed by atoms with Crippen LogP contribution in [0.5, 0.6) is 0 Å². The van der Waals surface area contributed by atoms with Gasteiger partial charge >= 0.3 is 0 Å². The van der Waals surface area contributed by atoms with Gasteiger partial charge in [0.1, 0.15) is 12.1 Å². The van der Waals surface area contributed by atoms with Gasteiger partial charge in [-0.3, -0.25) is 0 Å². The Morgan fingerprint density at radius 2 is 2.00 bits per heavy atom. The van der Waals surface area contributed by atoms with Gasteiger partial charge in [-0.15, -0.1) is 0 Å². The molecule has 1 unspecified atom stereocenters. The summed E-state index contributed by atoms with van der Waals surface area (Å²) in [6.07, 6.45) is 2.82. The molecule has 1 N–H and O–H groups in total. The zero-order chi connectivity index (χ0) is 13.5. The van der Waals surface area contributed by atoms with E-state index < -0.39 is 0 Å². The van der Waals surface area contributed by atoms with Crippen LogP contribution in [-0.4, -0.2) is 41.0 Å². The van der Waals surface area contributed by atoms with Crippen LogP contribution in [0, 0.1) is 0 Å². The van der Waals surface area contributed by atoms with E-state index in [1.807, 2.05) is 6.07 Å². The van der Waals surface area contributed by atoms with Crippen molar-refractivity contribution in [3.63, 3.8) is 0 Å². The zero-order valence-electron chi connectivity index (χ0n) is 12.3. The quantitative estimate of drug-likeness (QED) is 0.808. The topological polar surface area (TPSA) is 41.0 Å². The van der Waals surface area contributed by atoms with Crippen LogP contribution in [0.25, 0.3) is 0 Å². The number of nitrogens with one attached hydrogen (secondary N) is 1. The highest BCUT2D eigenvalue weighted by molar-refractivity contribution is 5.35. The fourth-order valence-corrected chi connectivity index (χ4v) is 1.68. The molecule has 0 saturated carbocycles. The molecule has 1 aromatic rings. The van der Waals surface area contributed by atoms with Gasteiger partial charge in [0.25, 0.3) is 0 Å². The Kier molecular flexibility index (Phi) is 6.05. The summed E-state index contributed by atoms with van der Waals surface area (Å²) in [6, 6.07) is 2.66. The average molecular weight is 250 g/mol. The minimum atomic E-state index is 0.441. The zero-order valence-corrected chi connectivity index (χ0v) is 12.3. The molecule has 1 rings (SSSR count). The van der Waals surface area contributed by atoms with Gasteiger partial charge < -0.3 is 10.2 Å². The van der Waals surface area contributed by atoms with Crippen molar-refractivity contribution in [2.75, 3.05) is 25.5 Å². The van der Waals surface area contributed by atoms with E-state index in [1.54, 1.807) is 6.33 Å². The summed E-state index contributed by atoms with van der Waals surface area (Å²) in [5.41, 5.74) is 1.09. The molecule has 0 fully saturated rings. The van der Waals surface area contributed by atoms with Crippen molar-refractivity contribution >= 4 is 5.82 Å². The number of hydrogen-bond acceptors (Lipinski definition) is 4. The molecule has 0 aliphatic carbocycles. The smallest absolute Gasteiger partial charge is 0.129 e. The highest BCUT2D eigenvalue weighted by Crippen LogP contribution is 2.13. The highest BCUT2D eigenvalue weighted by atomic mass is 15.1. The van der Waals surface area contributed by atoms with E-state index in [0.717, 1.165) is 24.6 Å². The monoisotopic (exact) mass is 250 g/mol. The Labute approximate surface area is 111 Å². The molecule has 1 aromatic heterocycles. The lowest BCUT2D eigenvalue weighted by atomic mass is 10.1. The fourth-order valence-electron chi connectivity index (χ4n) is 1.68. The predicted octanol–water partition coefficient (Wildman–Crippen LogP) is 2.74. The Bertz CT molecular complexity index is 351. The molecule has 102 valence electrons. The van der Waals surface area contributed by atoms with Crippen LogP contribution < -0.4 is 5.32 Å². The van der Waals surface area contributed by atoms with Gasteiger partial charge in [0, 0.05) is 30.9 Å². The summed E-state index contributed by atoms with van der Waals surface area (Å²) < 4.78 is 0. The van der Waals surface area contributed by atoms with Gasteiger partial charge in [0.2, 0.25) is 0 Å². The van der Waals surface area contributed by atoms with Crippen LogP contribution in [-0.2, 0) is 0 Å². The van der Waals surface area contributed by atoms with Crippen LogP contribution >= 0.6 is 0 Å². The molecule has 18 heavy (non-hydrogen) atoms. The summed E-state index contributed by atoms with van der Waals surface area (Å²) in [4.78, 5) is 10.9. The van der Waals surface area contributed by atoms with Crippen molar-refractivity contribution in [1.29, 1.82) is 0 Å². The lowest BCUT2D eigenvalue weighted by Gasteiger charge is -2.23. The molecule has 0 saturated heterocycles. The SMILES string of the molecule is CCC(C)N(C)CCNc1cc(C(C)C)ncn1. The van der Waals surface area contributed by atoms with Crippen LogP contribution in [0.2, 0.25) is 0 Å². The molecule has 0 amide bonds. The molecule has 4 nitrogen and oxygen atoms in total. The van der Waals surface area contributed by atoms with Crippen molar-refractivity contribution in [3.05, 3.63) is 18.1 Å². The summed E-state index contributed by atoms with van der Waals surface area (Å²) in [7, 11) is 2.16. The molecule has 0 aromatic carbocycles. The third kappa shape index (κ3) is 4.61. The third-order valence-electron chi connectivity index (χ3n) is 3.39. The number of nitrogens with zero attached hydrogens (tertiary/aromatic N) is 3. The number of hydrogen-bond donors (Lipinski definition) is 1. The first kappa shape index (κ1) is 14.9. The van der Waals surface area contributed by atoms with E-state index in [2.05, 4.69) is 54.9 Å². The van der Waals surface area contributed by atoms with Gasteiger partial charge in [-0.1, -0.05) is 20.8 Å². The molecule has 0 aliphatic heterocycles. The first-order valence-corrected chi connectivity index (χ1v) is 6.80. The van der Waals surface area contributed by atoms with Crippen LogP contribution in [0.4, 0.5) is 5.82 Å². The van der Waals surface area contributed by atoms with E-state index in [-0.39, 0.29) is 0 Å². The Morgan fingerprint density at radius 1 is 1.28 bits per heavy atom. The summed E-state index contributed by atoms with van der Waals surface area (Å²) in [6.45, 7) is 10.7. The second-order valence-corrected chi connectivity index (χ2v) is 5.15. The maximum absolute atomic E-state index is 4.26. The van der Waals surface area contributed by atoms with Crippen molar-refractivity contribution in [2.45, 2.75) is 46.1 Å². The molecular weight excluding hydrogens is 224 g/mol. The minimum Gasteiger partial charge on any atom is -0.369 e. The van der Waals surface area contributed by atoms with Gasteiger partial charge in [-0.2, -0.15) is 0 Å². The van der Waals surface area contributed by atoms with Gasteiger partial charge in [0.15, 0.2) is 0 Å². The fraction of sp³-hybridized carbons (Fsp3) is 0.714. The number of aromatic nitrogens is 2. The Morgan fingerprint density at radius 3 is 2.61 bits per heavy atom. The first-order chi connectivity index (χ1) is 8.54. The maximum Gasteiger partial charge on any atom is 0.129 e. The van der Waals surface area contributed by atoms with Gasteiger partial charge in [-0.25, -0.2) is 9.97 Å². The largest absolute Gasteiger partial charge is 0.369 e. The van der Waals surface area contributed by atoms with Crippen molar-refractivity contribution in [3.8, 4) is 0 Å². The predicted molar refractivity (Wildman–Crippen MR) is 77.0 cm³/mol. The van der Waals surface area contributed by atoms with Crippen molar-refractivity contribution < 1.29 is 0 Å². The molecule has 0 radical (unpaired) electrons. The number of likely N-dealkylation sites (N-methyl/N-ethyl adjacent to an activating group) is 1. The maximum atomic E-state index is 4.26. The Balaban J connectivity index is 2.42.